The van der Waals surface area contributed by atoms with E-state index in [1.54, 1.807) is 52.0 Å². The Bertz CT molecular complexity index is 3420. The van der Waals surface area contributed by atoms with Crippen LogP contribution in [0, 0.1) is 6.92 Å². The fourth-order valence-corrected chi connectivity index (χ4v) is 11.4. The van der Waals surface area contributed by atoms with Crippen LogP contribution >= 0.6 is 0 Å². The standard InChI is InChI=1S/C53H66N6O10S3/c1-13-19-44(69-42-29-24-33(52(8,9)14-2)30-39(42)53(10,11)15-3)54-50(62)45-32(4)47(36-20-16-17-21-37(36)49(45)61)58-71(65,66)35-27-25-34(26-28-35)55-56-41-31-43(72(67,68)59-51(5,6)7)48(60)38-22-18-23-40(46(38)41)57-70(12,63)64/h16-18,20-31,44,57-61H,13-15,19H2,1-12H3,(H,54,62). The fraction of sp³-hybridized carbons (Fsp3) is 0.377. The molecule has 6 rings (SSSR count). The minimum Gasteiger partial charge on any atom is -0.506 e. The van der Waals surface area contributed by atoms with Crippen molar-refractivity contribution in [3.8, 4) is 17.2 Å². The molecule has 0 bridgehead atoms. The molecule has 1 atom stereocenters. The number of phenolic OH excluding ortho intramolecular Hbond substituents is 2. The third-order valence-corrected chi connectivity index (χ3v) is 16.5. The van der Waals surface area contributed by atoms with Gasteiger partial charge in [-0.05, 0) is 105 Å². The quantitative estimate of drug-likeness (QED) is 0.0255. The molecular formula is C53H66N6O10S3. The van der Waals surface area contributed by atoms with Crippen molar-refractivity contribution in [3.05, 3.63) is 113 Å². The monoisotopic (exact) mass is 1040 g/mol. The first-order valence-electron chi connectivity index (χ1n) is 23.7. The van der Waals surface area contributed by atoms with E-state index in [0.29, 0.717) is 24.0 Å². The lowest BCUT2D eigenvalue weighted by Crippen LogP contribution is -2.40. The van der Waals surface area contributed by atoms with Crippen LogP contribution in [0.4, 0.5) is 22.7 Å². The van der Waals surface area contributed by atoms with Crippen LogP contribution in [-0.2, 0) is 40.9 Å². The number of carbonyl (C=O) groups excluding carboxylic acids is 1. The number of sulfonamides is 3. The number of aromatic hydroxyl groups is 2. The van der Waals surface area contributed by atoms with Crippen LogP contribution in [0.5, 0.6) is 17.2 Å². The number of phenols is 2. The topological polar surface area (TPSA) is 242 Å². The SMILES string of the molecule is CCCC(NC(=O)c1c(C)c(NS(=O)(=O)c2ccc(N=Nc3cc(S(=O)(=O)NC(C)(C)C)c(O)c4cccc(NS(C)(=O)=O)c34)cc2)c2ccccc2c1O)Oc1ccc(C(C)(C)CC)cc1C(C)(C)CC. The highest BCUT2D eigenvalue weighted by Crippen LogP contribution is 2.44. The van der Waals surface area contributed by atoms with E-state index < -0.39 is 58.4 Å². The van der Waals surface area contributed by atoms with Gasteiger partial charge in [-0.2, -0.15) is 5.11 Å². The van der Waals surface area contributed by atoms with Crippen LogP contribution in [-0.4, -0.2) is 59.4 Å². The van der Waals surface area contributed by atoms with E-state index in [1.165, 1.54) is 48.0 Å². The Balaban J connectivity index is 1.34. The average Bonchev–Trinajstić information content (AvgIpc) is 3.29. The van der Waals surface area contributed by atoms with Crippen molar-refractivity contribution in [2.75, 3.05) is 15.7 Å². The maximum Gasteiger partial charge on any atom is 0.261 e. The average molecular weight is 1040 g/mol. The summed E-state index contributed by atoms with van der Waals surface area (Å²) in [5.74, 6) is -1.00. The number of hydrogen-bond acceptors (Lipinski definition) is 12. The Morgan fingerprint density at radius 1 is 0.708 bits per heavy atom. The minimum absolute atomic E-state index is 0.00585. The minimum atomic E-state index is -4.40. The molecule has 1 amide bonds. The van der Waals surface area contributed by atoms with Gasteiger partial charge in [-0.1, -0.05) is 103 Å². The number of azo groups is 1. The zero-order valence-electron chi connectivity index (χ0n) is 42.8. The molecule has 0 aromatic heterocycles. The summed E-state index contributed by atoms with van der Waals surface area (Å²) < 4.78 is 94.4. The third kappa shape index (κ3) is 12.1. The normalized spacial score (nSPS) is 13.4. The van der Waals surface area contributed by atoms with E-state index in [2.05, 4.69) is 83.4 Å². The molecule has 0 saturated heterocycles. The Labute approximate surface area is 423 Å². The fourth-order valence-electron chi connectivity index (χ4n) is 8.17. The molecule has 6 aromatic carbocycles. The van der Waals surface area contributed by atoms with Crippen molar-refractivity contribution in [1.29, 1.82) is 0 Å². The number of fused-ring (bicyclic) bond motifs is 2. The van der Waals surface area contributed by atoms with Gasteiger partial charge < -0.3 is 20.3 Å². The highest BCUT2D eigenvalue weighted by molar-refractivity contribution is 7.92. The number of benzene rings is 6. The van der Waals surface area contributed by atoms with E-state index in [9.17, 15) is 40.3 Å². The zero-order valence-corrected chi connectivity index (χ0v) is 45.3. The van der Waals surface area contributed by atoms with Crippen LogP contribution < -0.4 is 24.2 Å². The number of nitrogens with one attached hydrogen (secondary N) is 4. The summed E-state index contributed by atoms with van der Waals surface area (Å²) in [6.07, 6.45) is 3.00. The molecule has 19 heteroatoms. The Morgan fingerprint density at radius 3 is 1.93 bits per heavy atom. The first-order valence-corrected chi connectivity index (χ1v) is 28.5. The number of rotatable bonds is 19. The van der Waals surface area contributed by atoms with Gasteiger partial charge in [-0.25, -0.2) is 30.0 Å². The predicted molar refractivity (Wildman–Crippen MR) is 286 cm³/mol. The van der Waals surface area contributed by atoms with Crippen molar-refractivity contribution in [3.63, 3.8) is 0 Å². The molecule has 16 nitrogen and oxygen atoms in total. The lowest BCUT2D eigenvalue weighted by atomic mass is 9.76. The summed E-state index contributed by atoms with van der Waals surface area (Å²) in [6, 6.07) is 23.4. The summed E-state index contributed by atoms with van der Waals surface area (Å²) in [6.45, 7) is 21.4. The number of ether oxygens (including phenoxy) is 1. The van der Waals surface area contributed by atoms with Crippen LogP contribution in [0.25, 0.3) is 21.5 Å². The molecule has 6 N–H and O–H groups in total. The van der Waals surface area contributed by atoms with E-state index in [-0.39, 0.29) is 71.5 Å². The molecule has 0 saturated carbocycles. The molecule has 0 fully saturated rings. The van der Waals surface area contributed by atoms with E-state index in [4.69, 9.17) is 4.74 Å². The lowest BCUT2D eigenvalue weighted by molar-refractivity contribution is 0.0807. The van der Waals surface area contributed by atoms with Gasteiger partial charge in [0.25, 0.3) is 15.9 Å². The molecule has 6 aromatic rings. The van der Waals surface area contributed by atoms with Gasteiger partial charge in [-0.3, -0.25) is 14.2 Å². The predicted octanol–water partition coefficient (Wildman–Crippen LogP) is 11.7. The number of anilines is 2. The third-order valence-electron chi connectivity index (χ3n) is 12.8. The second kappa shape index (κ2) is 20.7. The van der Waals surface area contributed by atoms with Gasteiger partial charge >= 0.3 is 0 Å². The van der Waals surface area contributed by atoms with Gasteiger partial charge in [0.05, 0.1) is 39.5 Å². The number of amides is 1. The largest absolute Gasteiger partial charge is 0.506 e. The highest BCUT2D eigenvalue weighted by Gasteiger charge is 2.31. The summed E-state index contributed by atoms with van der Waals surface area (Å²) in [5, 5.41) is 35.1. The molecule has 0 spiro atoms. The van der Waals surface area contributed by atoms with Crippen molar-refractivity contribution in [1.82, 2.24) is 10.0 Å². The van der Waals surface area contributed by atoms with Gasteiger partial charge in [0.1, 0.15) is 22.1 Å². The molecule has 0 aliphatic heterocycles. The zero-order chi connectivity index (χ0) is 53.4. The van der Waals surface area contributed by atoms with Gasteiger partial charge in [0.15, 0.2) is 6.23 Å². The lowest BCUT2D eigenvalue weighted by Gasteiger charge is -2.32. The number of hydrogen-bond donors (Lipinski definition) is 6. The number of nitrogens with zero attached hydrogens (tertiary/aromatic N) is 2. The molecule has 0 radical (unpaired) electrons. The Hall–Kier alpha value is -6.28. The van der Waals surface area contributed by atoms with E-state index in [0.717, 1.165) is 30.7 Å². The van der Waals surface area contributed by atoms with E-state index >= 15 is 0 Å². The van der Waals surface area contributed by atoms with Crippen molar-refractivity contribution >= 4 is 80.3 Å². The summed E-state index contributed by atoms with van der Waals surface area (Å²) in [5.41, 5.74) is 1.02. The molecule has 0 aliphatic rings. The Morgan fingerprint density at radius 2 is 1.33 bits per heavy atom. The van der Waals surface area contributed by atoms with Gasteiger partial charge in [0, 0.05) is 39.1 Å². The maximum atomic E-state index is 14.4. The molecule has 386 valence electrons. The van der Waals surface area contributed by atoms with Crippen LogP contribution in [0.15, 0.2) is 111 Å². The molecule has 72 heavy (non-hydrogen) atoms. The maximum absolute atomic E-state index is 14.4. The molecular weight excluding hydrogens is 977 g/mol. The molecule has 0 heterocycles. The van der Waals surface area contributed by atoms with E-state index in [1.807, 2.05) is 13.0 Å². The second-order valence-electron chi connectivity index (χ2n) is 20.3. The van der Waals surface area contributed by atoms with Crippen LogP contribution in [0.2, 0.25) is 0 Å². The second-order valence-corrected chi connectivity index (χ2v) is 25.4. The molecule has 1 unspecified atom stereocenters. The van der Waals surface area contributed by atoms with Crippen molar-refractivity contribution < 1.29 is 45.0 Å². The van der Waals surface area contributed by atoms with Gasteiger partial charge in [-0.15, -0.1) is 5.11 Å². The van der Waals surface area contributed by atoms with Gasteiger partial charge in [0.2, 0.25) is 20.0 Å². The smallest absolute Gasteiger partial charge is 0.261 e. The highest BCUT2D eigenvalue weighted by atomic mass is 32.2. The Kier molecular flexibility index (Phi) is 15.8. The molecule has 0 aliphatic carbocycles. The summed E-state index contributed by atoms with van der Waals surface area (Å²) >= 11 is 0. The summed E-state index contributed by atoms with van der Waals surface area (Å²) in [4.78, 5) is 13.7. The van der Waals surface area contributed by atoms with Crippen LogP contribution in [0.1, 0.15) is 122 Å². The first kappa shape index (κ1) is 55.0. The van der Waals surface area contributed by atoms with Crippen molar-refractivity contribution in [2.24, 2.45) is 10.2 Å². The van der Waals surface area contributed by atoms with Crippen LogP contribution in [0.3, 0.4) is 0 Å². The number of carbonyl (C=O) groups is 1. The van der Waals surface area contributed by atoms with Crippen molar-refractivity contribution in [2.45, 2.75) is 134 Å². The summed E-state index contributed by atoms with van der Waals surface area (Å²) in [7, 11) is -12.6. The first-order chi connectivity index (χ1) is 33.4.